The van der Waals surface area contributed by atoms with Gasteiger partial charge >= 0.3 is 0 Å². The van der Waals surface area contributed by atoms with E-state index in [1.165, 1.54) is 0 Å². The summed E-state index contributed by atoms with van der Waals surface area (Å²) in [6, 6.07) is 0. The molecule has 0 amide bonds. The third kappa shape index (κ3) is 6.41. The van der Waals surface area contributed by atoms with E-state index in [2.05, 4.69) is 0 Å². The van der Waals surface area contributed by atoms with Gasteiger partial charge in [-0.15, -0.1) is 0 Å². The first kappa shape index (κ1) is 10.3. The largest absolute Gasteiger partial charge is 0.319 e. The smallest absolute Gasteiger partial charge is 0.249 e. The second-order valence-electron chi connectivity index (χ2n) is 1.90. The van der Waals surface area contributed by atoms with Crippen molar-refractivity contribution in [3.05, 3.63) is 0 Å². The fourth-order valence-corrected chi connectivity index (χ4v) is 2.07. The van der Waals surface area contributed by atoms with Crippen molar-refractivity contribution in [2.75, 3.05) is 0 Å². The lowest BCUT2D eigenvalue weighted by Crippen LogP contribution is -2.15. The molecule has 0 spiro atoms. The van der Waals surface area contributed by atoms with E-state index in [0.29, 0.717) is 0 Å². The molecule has 5 heteroatoms. The van der Waals surface area contributed by atoms with Crippen molar-refractivity contribution in [1.29, 1.82) is 0 Å². The number of hydrogen-bond donors (Lipinski definition) is 2. The summed E-state index contributed by atoms with van der Waals surface area (Å²) < 4.78 is -0.00926. The minimum Gasteiger partial charge on any atom is -0.319 e. The minimum absolute atomic E-state index is 0.00926. The third-order valence-electron chi connectivity index (χ3n) is 0.564. The zero-order valence-electron chi connectivity index (χ0n) is 6.03. The fourth-order valence-electron chi connectivity index (χ4n) is 0.331. The van der Waals surface area contributed by atoms with E-state index in [9.17, 15) is 4.79 Å². The molecule has 0 fully saturated rings. The number of thioether (sulfide) groups is 2. The fraction of sp³-hybridized carbons (Fsp3) is 0.800. The highest BCUT2D eigenvalue weighted by molar-refractivity contribution is 8.38. The van der Waals surface area contributed by atoms with Gasteiger partial charge in [0.2, 0.25) is 4.45 Å². The van der Waals surface area contributed by atoms with Gasteiger partial charge < -0.3 is 11.5 Å². The maximum Gasteiger partial charge on any atom is 0.249 e. The molecule has 0 aromatic carbocycles. The van der Waals surface area contributed by atoms with Crippen LogP contribution in [0, 0.1) is 0 Å². The molecule has 60 valence electrons. The quantitative estimate of drug-likeness (QED) is 0.625. The van der Waals surface area contributed by atoms with Crippen LogP contribution < -0.4 is 11.5 Å². The van der Waals surface area contributed by atoms with Gasteiger partial charge in [-0.25, -0.2) is 0 Å². The van der Waals surface area contributed by atoms with E-state index in [1.807, 2.05) is 0 Å². The van der Waals surface area contributed by atoms with Crippen LogP contribution in [0.4, 0.5) is 4.79 Å². The summed E-state index contributed by atoms with van der Waals surface area (Å²) in [6.45, 7) is 3.54. The molecule has 10 heavy (non-hydrogen) atoms. The van der Waals surface area contributed by atoms with Gasteiger partial charge in [0.15, 0.2) is 0 Å². The summed E-state index contributed by atoms with van der Waals surface area (Å²) in [5.74, 6) is 0. The Morgan fingerprint density at radius 3 is 1.70 bits per heavy atom. The van der Waals surface area contributed by atoms with Crippen LogP contribution in [0.1, 0.15) is 13.8 Å². The standard InChI is InChI=1S/C5H12N2OS2/c1-3(6)9-5(8)10-4(2)7/h3-4H,6-7H2,1-2H3. The Labute approximate surface area is 69.3 Å². The lowest BCUT2D eigenvalue weighted by Gasteiger charge is -2.04. The van der Waals surface area contributed by atoms with Crippen LogP contribution in [0.2, 0.25) is 0 Å². The third-order valence-corrected chi connectivity index (χ3v) is 2.27. The first-order valence-corrected chi connectivity index (χ1v) is 4.66. The van der Waals surface area contributed by atoms with E-state index >= 15 is 0 Å². The summed E-state index contributed by atoms with van der Waals surface area (Å²) in [4.78, 5) is 10.8. The zero-order chi connectivity index (χ0) is 8.15. The molecular weight excluding hydrogens is 168 g/mol. The Balaban J connectivity index is 3.44. The Hall–Kier alpha value is 0.290. The van der Waals surface area contributed by atoms with Crippen LogP contribution in [0.15, 0.2) is 0 Å². The lowest BCUT2D eigenvalue weighted by molar-refractivity contribution is 0.276. The van der Waals surface area contributed by atoms with Crippen molar-refractivity contribution >= 4 is 28.0 Å². The molecule has 0 bridgehead atoms. The van der Waals surface area contributed by atoms with E-state index < -0.39 is 0 Å². The first-order valence-electron chi connectivity index (χ1n) is 2.91. The molecule has 0 aliphatic heterocycles. The second-order valence-corrected chi connectivity index (χ2v) is 4.85. The highest BCUT2D eigenvalue weighted by Crippen LogP contribution is 2.20. The van der Waals surface area contributed by atoms with E-state index in [4.69, 9.17) is 11.5 Å². The average Bonchev–Trinajstić information content (AvgIpc) is 1.58. The molecule has 0 saturated heterocycles. The highest BCUT2D eigenvalue weighted by Gasteiger charge is 2.08. The molecule has 0 aromatic heterocycles. The Kier molecular flexibility index (Phi) is 5.15. The van der Waals surface area contributed by atoms with Crippen molar-refractivity contribution in [3.63, 3.8) is 0 Å². The van der Waals surface area contributed by atoms with E-state index in [1.54, 1.807) is 13.8 Å². The van der Waals surface area contributed by atoms with Crippen molar-refractivity contribution in [1.82, 2.24) is 0 Å². The molecular formula is C5H12N2OS2. The summed E-state index contributed by atoms with van der Waals surface area (Å²) in [5.41, 5.74) is 10.7. The van der Waals surface area contributed by atoms with Gasteiger partial charge in [-0.2, -0.15) is 0 Å². The molecule has 0 heterocycles. The predicted molar refractivity (Wildman–Crippen MR) is 47.9 cm³/mol. The number of nitrogens with two attached hydrogens (primary N) is 2. The van der Waals surface area contributed by atoms with Crippen LogP contribution in [-0.4, -0.2) is 15.2 Å². The monoisotopic (exact) mass is 180 g/mol. The molecule has 2 atom stereocenters. The summed E-state index contributed by atoms with van der Waals surface area (Å²) in [5, 5.41) is -0.280. The van der Waals surface area contributed by atoms with Gasteiger partial charge in [-0.1, -0.05) is 23.5 Å². The van der Waals surface area contributed by atoms with Crippen molar-refractivity contribution in [2.24, 2.45) is 11.5 Å². The molecule has 0 radical (unpaired) electrons. The average molecular weight is 180 g/mol. The number of hydrogen-bond acceptors (Lipinski definition) is 5. The van der Waals surface area contributed by atoms with Crippen LogP contribution in [-0.2, 0) is 0 Å². The molecule has 0 aromatic rings. The van der Waals surface area contributed by atoms with Crippen LogP contribution in [0.3, 0.4) is 0 Å². The normalized spacial score (nSPS) is 16.4. The van der Waals surface area contributed by atoms with Crippen LogP contribution in [0.5, 0.6) is 0 Å². The summed E-state index contributed by atoms with van der Waals surface area (Å²) in [7, 11) is 0. The molecule has 3 nitrogen and oxygen atoms in total. The van der Waals surface area contributed by atoms with Gasteiger partial charge in [0.05, 0.1) is 10.7 Å². The summed E-state index contributed by atoms with van der Waals surface area (Å²) >= 11 is 2.21. The molecule has 2 unspecified atom stereocenters. The maximum atomic E-state index is 10.8. The van der Waals surface area contributed by atoms with Gasteiger partial charge in [0, 0.05) is 0 Å². The molecule has 4 N–H and O–H groups in total. The lowest BCUT2D eigenvalue weighted by atomic mass is 10.8. The van der Waals surface area contributed by atoms with Gasteiger partial charge in [0.1, 0.15) is 0 Å². The van der Waals surface area contributed by atoms with E-state index in [0.717, 1.165) is 23.5 Å². The van der Waals surface area contributed by atoms with Gasteiger partial charge in [-0.3, -0.25) is 4.79 Å². The molecule has 0 aliphatic rings. The van der Waals surface area contributed by atoms with Crippen LogP contribution in [0.25, 0.3) is 0 Å². The Morgan fingerprint density at radius 2 is 1.50 bits per heavy atom. The van der Waals surface area contributed by atoms with Gasteiger partial charge in [0.25, 0.3) is 0 Å². The van der Waals surface area contributed by atoms with Crippen molar-refractivity contribution in [2.45, 2.75) is 24.6 Å². The van der Waals surface area contributed by atoms with Crippen molar-refractivity contribution < 1.29 is 4.79 Å². The topological polar surface area (TPSA) is 69.1 Å². The maximum absolute atomic E-state index is 10.8. The first-order chi connectivity index (χ1) is 4.52. The van der Waals surface area contributed by atoms with E-state index in [-0.39, 0.29) is 15.2 Å². The zero-order valence-corrected chi connectivity index (χ0v) is 7.67. The number of rotatable bonds is 2. The molecule has 0 saturated carbocycles. The molecule has 0 aliphatic carbocycles. The Morgan fingerprint density at radius 1 is 1.20 bits per heavy atom. The van der Waals surface area contributed by atoms with Gasteiger partial charge in [-0.05, 0) is 13.8 Å². The SMILES string of the molecule is CC(N)SC(=O)SC(C)N. The van der Waals surface area contributed by atoms with Crippen molar-refractivity contribution in [3.8, 4) is 0 Å². The second kappa shape index (κ2) is 5.01. The molecule has 0 rings (SSSR count). The number of carbonyl (C=O) groups is 1. The Bertz CT molecular complexity index is 104. The summed E-state index contributed by atoms with van der Waals surface area (Å²) in [6.07, 6.45) is 0. The predicted octanol–water partition coefficient (Wildman–Crippen LogP) is 1.18. The minimum atomic E-state index is -0.140. The van der Waals surface area contributed by atoms with Crippen LogP contribution >= 0.6 is 23.5 Å². The number of carbonyl (C=O) groups excluding carboxylic acids is 1. The highest BCUT2D eigenvalue weighted by atomic mass is 32.2.